The van der Waals surface area contributed by atoms with Crippen LogP contribution in [0.3, 0.4) is 0 Å². The minimum Gasteiger partial charge on any atom is -0.496 e. The molecule has 3 aromatic rings. The van der Waals surface area contributed by atoms with E-state index in [-0.39, 0.29) is 11.3 Å². The molecule has 2 heterocycles. The second-order valence-corrected chi connectivity index (χ2v) is 9.12. The Morgan fingerprint density at radius 3 is 2.80 bits per heavy atom. The fourth-order valence-corrected chi connectivity index (χ4v) is 5.44. The number of para-hydroxylation sites is 1. The van der Waals surface area contributed by atoms with Gasteiger partial charge in [-0.3, -0.25) is 14.5 Å². The molecule has 4 rings (SSSR count). The lowest BCUT2D eigenvalue weighted by Gasteiger charge is -2.32. The van der Waals surface area contributed by atoms with Crippen LogP contribution < -0.4 is 10.1 Å². The maximum atomic E-state index is 13.2. The van der Waals surface area contributed by atoms with Crippen molar-refractivity contribution in [2.24, 2.45) is 0 Å². The fourth-order valence-electron chi connectivity index (χ4n) is 4.44. The molecule has 1 unspecified atom stereocenters. The van der Waals surface area contributed by atoms with Crippen LogP contribution in [0.1, 0.15) is 44.2 Å². The molecule has 158 valence electrons. The fraction of sp³-hybridized carbons (Fsp3) is 0.409. The van der Waals surface area contributed by atoms with Crippen molar-refractivity contribution < 1.29 is 9.53 Å². The summed E-state index contributed by atoms with van der Waals surface area (Å²) in [6, 6.07) is 11.6. The Balaban J connectivity index is 1.56. The SMILES string of the molecule is COc1ccccc1C1(CNC(=O)C(C)n2c(-c3cccs3)n[nH]c2=S)CCCC1. The van der Waals surface area contributed by atoms with Gasteiger partial charge in [0.1, 0.15) is 11.8 Å². The number of ether oxygens (including phenoxy) is 1. The standard InChI is InChI=1S/C22H26N4O2S2/c1-15(26-19(24-25-21(26)29)18-10-7-13-30-18)20(27)23-14-22(11-5-6-12-22)16-8-3-4-9-17(16)28-2/h3-4,7-10,13,15H,5-6,11-12,14H2,1-2H3,(H,23,27)(H,25,29). The number of nitrogens with one attached hydrogen (secondary N) is 2. The van der Waals surface area contributed by atoms with E-state index in [1.807, 2.05) is 42.6 Å². The third-order valence-electron chi connectivity index (χ3n) is 6.05. The topological polar surface area (TPSA) is 71.9 Å². The highest BCUT2D eigenvalue weighted by atomic mass is 32.1. The van der Waals surface area contributed by atoms with Crippen molar-refractivity contribution in [3.8, 4) is 16.5 Å². The van der Waals surface area contributed by atoms with Gasteiger partial charge < -0.3 is 10.1 Å². The number of H-pyrrole nitrogens is 1. The van der Waals surface area contributed by atoms with Crippen molar-refractivity contribution in [1.82, 2.24) is 20.1 Å². The van der Waals surface area contributed by atoms with Gasteiger partial charge in [0.15, 0.2) is 10.6 Å². The van der Waals surface area contributed by atoms with Crippen LogP contribution in [0.25, 0.3) is 10.7 Å². The predicted molar refractivity (Wildman–Crippen MR) is 122 cm³/mol. The monoisotopic (exact) mass is 442 g/mol. The second kappa shape index (κ2) is 8.73. The van der Waals surface area contributed by atoms with Gasteiger partial charge in [-0.2, -0.15) is 5.10 Å². The molecule has 1 fully saturated rings. The molecule has 0 radical (unpaired) electrons. The number of carbonyl (C=O) groups excluding carboxylic acids is 1. The van der Waals surface area contributed by atoms with Crippen LogP contribution in [0.2, 0.25) is 0 Å². The highest BCUT2D eigenvalue weighted by Gasteiger charge is 2.38. The van der Waals surface area contributed by atoms with E-state index < -0.39 is 6.04 Å². The van der Waals surface area contributed by atoms with E-state index in [1.165, 1.54) is 5.56 Å². The Kier molecular flexibility index (Phi) is 6.06. The van der Waals surface area contributed by atoms with Crippen LogP contribution in [0, 0.1) is 4.77 Å². The van der Waals surface area contributed by atoms with Crippen molar-refractivity contribution in [2.75, 3.05) is 13.7 Å². The minimum absolute atomic E-state index is 0.0634. The Bertz CT molecular complexity index is 1070. The largest absolute Gasteiger partial charge is 0.496 e. The first kappa shape index (κ1) is 20.8. The van der Waals surface area contributed by atoms with Gasteiger partial charge in [0.2, 0.25) is 5.91 Å². The molecule has 1 saturated carbocycles. The maximum absolute atomic E-state index is 13.2. The summed E-state index contributed by atoms with van der Waals surface area (Å²) in [5, 5.41) is 12.4. The number of amides is 1. The number of carbonyl (C=O) groups is 1. The van der Waals surface area contributed by atoms with E-state index in [0.717, 1.165) is 36.3 Å². The van der Waals surface area contributed by atoms with Crippen LogP contribution in [0.5, 0.6) is 5.75 Å². The molecule has 1 atom stereocenters. The molecular weight excluding hydrogens is 416 g/mol. The average molecular weight is 443 g/mol. The number of aromatic nitrogens is 3. The maximum Gasteiger partial charge on any atom is 0.242 e. The minimum atomic E-state index is -0.468. The zero-order valence-corrected chi connectivity index (χ0v) is 18.8. The molecule has 1 aliphatic rings. The van der Waals surface area contributed by atoms with Gasteiger partial charge in [-0.25, -0.2) is 0 Å². The number of benzene rings is 1. The number of hydrogen-bond acceptors (Lipinski definition) is 5. The van der Waals surface area contributed by atoms with Crippen LogP contribution in [0.15, 0.2) is 41.8 Å². The lowest BCUT2D eigenvalue weighted by atomic mass is 9.78. The normalized spacial score (nSPS) is 16.3. The van der Waals surface area contributed by atoms with E-state index in [1.54, 1.807) is 23.0 Å². The van der Waals surface area contributed by atoms with E-state index in [2.05, 4.69) is 21.6 Å². The third kappa shape index (κ3) is 3.81. The molecule has 8 heteroatoms. The molecule has 0 bridgehead atoms. The summed E-state index contributed by atoms with van der Waals surface area (Å²) in [4.78, 5) is 14.1. The molecule has 0 aliphatic heterocycles. The Morgan fingerprint density at radius 1 is 1.33 bits per heavy atom. The molecule has 1 aliphatic carbocycles. The van der Waals surface area contributed by atoms with Crippen LogP contribution in [-0.2, 0) is 10.2 Å². The van der Waals surface area contributed by atoms with Crippen molar-refractivity contribution in [2.45, 2.75) is 44.1 Å². The van der Waals surface area contributed by atoms with Gasteiger partial charge in [-0.05, 0) is 49.5 Å². The Morgan fingerprint density at radius 2 is 2.10 bits per heavy atom. The molecule has 2 aromatic heterocycles. The van der Waals surface area contributed by atoms with Gasteiger partial charge in [0, 0.05) is 17.5 Å². The lowest BCUT2D eigenvalue weighted by molar-refractivity contribution is -0.124. The van der Waals surface area contributed by atoms with E-state index in [9.17, 15) is 4.79 Å². The highest BCUT2D eigenvalue weighted by molar-refractivity contribution is 7.71. The molecule has 1 aromatic carbocycles. The summed E-state index contributed by atoms with van der Waals surface area (Å²) >= 11 is 6.99. The van der Waals surface area contributed by atoms with E-state index >= 15 is 0 Å². The summed E-state index contributed by atoms with van der Waals surface area (Å²) in [6.07, 6.45) is 4.37. The highest BCUT2D eigenvalue weighted by Crippen LogP contribution is 2.44. The second-order valence-electron chi connectivity index (χ2n) is 7.78. The summed E-state index contributed by atoms with van der Waals surface area (Å²) in [7, 11) is 1.70. The Hall–Kier alpha value is -2.45. The molecule has 30 heavy (non-hydrogen) atoms. The molecule has 6 nitrogen and oxygen atoms in total. The van der Waals surface area contributed by atoms with Gasteiger partial charge in [-0.15, -0.1) is 11.3 Å². The van der Waals surface area contributed by atoms with Crippen molar-refractivity contribution in [1.29, 1.82) is 0 Å². The lowest BCUT2D eigenvalue weighted by Crippen LogP contribution is -2.41. The van der Waals surface area contributed by atoms with Crippen LogP contribution >= 0.6 is 23.6 Å². The van der Waals surface area contributed by atoms with Gasteiger partial charge in [0.05, 0.1) is 12.0 Å². The zero-order chi connectivity index (χ0) is 21.1. The Labute approximate surface area is 185 Å². The van der Waals surface area contributed by atoms with Gasteiger partial charge >= 0.3 is 0 Å². The van der Waals surface area contributed by atoms with E-state index in [4.69, 9.17) is 17.0 Å². The summed E-state index contributed by atoms with van der Waals surface area (Å²) < 4.78 is 7.87. The zero-order valence-electron chi connectivity index (χ0n) is 17.2. The van der Waals surface area contributed by atoms with Crippen molar-refractivity contribution in [3.05, 3.63) is 52.1 Å². The molecular formula is C22H26N4O2S2. The molecule has 1 amide bonds. The van der Waals surface area contributed by atoms with E-state index in [0.29, 0.717) is 17.1 Å². The number of nitrogens with zero attached hydrogens (tertiary/aromatic N) is 2. The van der Waals surface area contributed by atoms with Crippen molar-refractivity contribution >= 4 is 29.5 Å². The predicted octanol–water partition coefficient (Wildman–Crippen LogP) is 4.87. The first-order chi connectivity index (χ1) is 14.6. The summed E-state index contributed by atoms with van der Waals surface area (Å²) in [5.41, 5.74) is 1.08. The molecule has 0 saturated heterocycles. The van der Waals surface area contributed by atoms with Gasteiger partial charge in [0.25, 0.3) is 0 Å². The first-order valence-electron chi connectivity index (χ1n) is 10.2. The number of hydrogen-bond donors (Lipinski definition) is 2. The smallest absolute Gasteiger partial charge is 0.242 e. The summed E-state index contributed by atoms with van der Waals surface area (Å²) in [6.45, 7) is 2.44. The number of thiophene rings is 1. The molecule has 0 spiro atoms. The number of methoxy groups -OCH3 is 1. The quantitative estimate of drug-likeness (QED) is 0.512. The van der Waals surface area contributed by atoms with Crippen molar-refractivity contribution in [3.63, 3.8) is 0 Å². The number of aromatic amines is 1. The third-order valence-corrected chi connectivity index (χ3v) is 7.21. The van der Waals surface area contributed by atoms with Gasteiger partial charge in [-0.1, -0.05) is 37.1 Å². The average Bonchev–Trinajstić information content (AvgIpc) is 3.52. The van der Waals surface area contributed by atoms with Crippen LogP contribution in [-0.4, -0.2) is 34.3 Å². The van der Waals surface area contributed by atoms with Crippen LogP contribution in [0.4, 0.5) is 0 Å². The number of rotatable bonds is 7. The first-order valence-corrected chi connectivity index (χ1v) is 11.5. The molecule has 2 N–H and O–H groups in total. The summed E-state index contributed by atoms with van der Waals surface area (Å²) in [5.74, 6) is 1.52.